The Balaban J connectivity index is 2.55. The summed E-state index contributed by atoms with van der Waals surface area (Å²) in [6.45, 7) is 8.31. The zero-order chi connectivity index (χ0) is 10.8. The van der Waals surface area contributed by atoms with Crippen molar-refractivity contribution in [2.75, 3.05) is 0 Å². The summed E-state index contributed by atoms with van der Waals surface area (Å²) in [7, 11) is 0. The van der Waals surface area contributed by atoms with Gasteiger partial charge in [0.25, 0.3) is 0 Å². The van der Waals surface area contributed by atoms with Crippen molar-refractivity contribution in [1.29, 1.82) is 0 Å². The molecule has 0 spiro atoms. The first kappa shape index (κ1) is 11.5. The summed E-state index contributed by atoms with van der Waals surface area (Å²) < 4.78 is 0. The number of amides is 1. The summed E-state index contributed by atoms with van der Waals surface area (Å²) in [6, 6.07) is 0. The fourth-order valence-electron chi connectivity index (χ4n) is 1.75. The van der Waals surface area contributed by atoms with Gasteiger partial charge in [0.1, 0.15) is 0 Å². The highest BCUT2D eigenvalue weighted by Crippen LogP contribution is 2.22. The minimum atomic E-state index is -0.377. The number of unbranched alkanes of at least 4 members (excludes halogenated alkanes) is 1. The molecule has 0 aromatic heterocycles. The van der Waals surface area contributed by atoms with Crippen molar-refractivity contribution in [2.24, 2.45) is 5.92 Å². The largest absolute Gasteiger partial charge is 0.339 e. The van der Waals surface area contributed by atoms with Crippen molar-refractivity contribution in [1.82, 2.24) is 10.6 Å². The van der Waals surface area contributed by atoms with E-state index in [-0.39, 0.29) is 17.6 Å². The SMILES string of the molecule is CCCCC1NC(=O)C(C)(C(C)C)N1. The second kappa shape index (κ2) is 4.30. The predicted molar refractivity (Wildman–Crippen MR) is 57.8 cm³/mol. The Morgan fingerprint density at radius 2 is 2.14 bits per heavy atom. The smallest absolute Gasteiger partial charge is 0.241 e. The van der Waals surface area contributed by atoms with Crippen LogP contribution in [0.2, 0.25) is 0 Å². The summed E-state index contributed by atoms with van der Waals surface area (Å²) in [4.78, 5) is 11.7. The molecule has 0 aromatic rings. The molecule has 14 heavy (non-hydrogen) atoms. The molecule has 1 fully saturated rings. The van der Waals surface area contributed by atoms with E-state index in [4.69, 9.17) is 0 Å². The molecule has 2 N–H and O–H groups in total. The average molecular weight is 198 g/mol. The maximum atomic E-state index is 11.7. The van der Waals surface area contributed by atoms with Gasteiger partial charge in [0.2, 0.25) is 5.91 Å². The van der Waals surface area contributed by atoms with Gasteiger partial charge >= 0.3 is 0 Å². The van der Waals surface area contributed by atoms with E-state index in [9.17, 15) is 4.79 Å². The van der Waals surface area contributed by atoms with Crippen LogP contribution in [0.4, 0.5) is 0 Å². The van der Waals surface area contributed by atoms with Crippen molar-refractivity contribution in [2.45, 2.75) is 58.7 Å². The molecule has 1 rings (SSSR count). The minimum absolute atomic E-state index is 0.147. The van der Waals surface area contributed by atoms with Gasteiger partial charge in [-0.15, -0.1) is 0 Å². The van der Waals surface area contributed by atoms with E-state index in [0.29, 0.717) is 5.92 Å². The molecular formula is C11H22N2O. The van der Waals surface area contributed by atoms with Crippen LogP contribution in [0.5, 0.6) is 0 Å². The van der Waals surface area contributed by atoms with E-state index in [2.05, 4.69) is 31.4 Å². The predicted octanol–water partition coefficient (Wildman–Crippen LogP) is 1.64. The van der Waals surface area contributed by atoms with E-state index in [1.807, 2.05) is 6.92 Å². The first-order valence-electron chi connectivity index (χ1n) is 5.59. The maximum Gasteiger partial charge on any atom is 0.241 e. The molecule has 0 bridgehead atoms. The first-order valence-corrected chi connectivity index (χ1v) is 5.59. The molecule has 0 aromatic carbocycles. The Labute approximate surface area is 86.6 Å². The number of hydrogen-bond acceptors (Lipinski definition) is 2. The third-order valence-electron chi connectivity index (χ3n) is 3.25. The molecule has 2 unspecified atom stereocenters. The standard InChI is InChI=1S/C11H22N2O/c1-5-6-7-9-12-10(14)11(4,13-9)8(2)3/h8-9,13H,5-7H2,1-4H3,(H,12,14). The van der Waals surface area contributed by atoms with Crippen molar-refractivity contribution in [3.05, 3.63) is 0 Å². The fourth-order valence-corrected chi connectivity index (χ4v) is 1.75. The molecule has 1 aliphatic heterocycles. The molecule has 2 atom stereocenters. The number of carbonyl (C=O) groups is 1. The van der Waals surface area contributed by atoms with Crippen LogP contribution in [-0.4, -0.2) is 17.6 Å². The van der Waals surface area contributed by atoms with Gasteiger partial charge in [0.15, 0.2) is 0 Å². The zero-order valence-corrected chi connectivity index (χ0v) is 9.68. The number of nitrogens with one attached hydrogen (secondary N) is 2. The van der Waals surface area contributed by atoms with E-state index in [1.165, 1.54) is 6.42 Å². The molecule has 82 valence electrons. The number of carbonyl (C=O) groups excluding carboxylic acids is 1. The summed E-state index contributed by atoms with van der Waals surface area (Å²) >= 11 is 0. The summed E-state index contributed by atoms with van der Waals surface area (Å²) in [5.41, 5.74) is -0.377. The Kier molecular flexibility index (Phi) is 3.53. The monoisotopic (exact) mass is 198 g/mol. The van der Waals surface area contributed by atoms with Gasteiger partial charge in [-0.05, 0) is 19.3 Å². The highest BCUT2D eigenvalue weighted by molar-refractivity contribution is 5.88. The van der Waals surface area contributed by atoms with E-state index in [0.717, 1.165) is 12.8 Å². The second-order valence-corrected chi connectivity index (χ2v) is 4.67. The molecule has 3 heteroatoms. The maximum absolute atomic E-state index is 11.7. The van der Waals surface area contributed by atoms with Crippen LogP contribution in [0.1, 0.15) is 47.0 Å². The highest BCUT2D eigenvalue weighted by Gasteiger charge is 2.43. The Bertz CT molecular complexity index is 215. The van der Waals surface area contributed by atoms with Crippen molar-refractivity contribution in [3.8, 4) is 0 Å². The summed E-state index contributed by atoms with van der Waals surface area (Å²) in [5.74, 6) is 0.475. The van der Waals surface area contributed by atoms with Gasteiger partial charge in [0.05, 0.1) is 11.7 Å². The minimum Gasteiger partial charge on any atom is -0.339 e. The third kappa shape index (κ3) is 2.08. The first-order chi connectivity index (χ1) is 6.50. The van der Waals surface area contributed by atoms with Crippen molar-refractivity contribution >= 4 is 5.91 Å². The van der Waals surface area contributed by atoms with Crippen LogP contribution in [0.15, 0.2) is 0 Å². The van der Waals surface area contributed by atoms with Gasteiger partial charge in [-0.1, -0.05) is 33.6 Å². The van der Waals surface area contributed by atoms with Gasteiger partial charge in [-0.2, -0.15) is 0 Å². The summed E-state index contributed by atoms with van der Waals surface area (Å²) in [5, 5.41) is 6.40. The topological polar surface area (TPSA) is 41.1 Å². The van der Waals surface area contributed by atoms with Crippen LogP contribution in [-0.2, 0) is 4.79 Å². The summed E-state index contributed by atoms with van der Waals surface area (Å²) in [6.07, 6.45) is 3.54. The molecular weight excluding hydrogens is 176 g/mol. The zero-order valence-electron chi connectivity index (χ0n) is 9.68. The molecule has 1 amide bonds. The van der Waals surface area contributed by atoms with E-state index < -0.39 is 0 Å². The fraction of sp³-hybridized carbons (Fsp3) is 0.909. The van der Waals surface area contributed by atoms with E-state index in [1.54, 1.807) is 0 Å². The van der Waals surface area contributed by atoms with Crippen LogP contribution < -0.4 is 10.6 Å². The normalized spacial score (nSPS) is 32.4. The molecule has 1 heterocycles. The van der Waals surface area contributed by atoms with Crippen molar-refractivity contribution in [3.63, 3.8) is 0 Å². The number of rotatable bonds is 4. The second-order valence-electron chi connectivity index (χ2n) is 4.67. The van der Waals surface area contributed by atoms with Gasteiger partial charge < -0.3 is 5.32 Å². The number of hydrogen-bond donors (Lipinski definition) is 2. The van der Waals surface area contributed by atoms with Gasteiger partial charge in [-0.25, -0.2) is 0 Å². The van der Waals surface area contributed by atoms with Gasteiger partial charge in [-0.3, -0.25) is 10.1 Å². The van der Waals surface area contributed by atoms with Crippen molar-refractivity contribution < 1.29 is 4.79 Å². The molecule has 0 aliphatic carbocycles. The lowest BCUT2D eigenvalue weighted by Crippen LogP contribution is -2.49. The molecule has 0 radical (unpaired) electrons. The Morgan fingerprint density at radius 1 is 1.50 bits per heavy atom. The van der Waals surface area contributed by atoms with Crippen LogP contribution in [0.3, 0.4) is 0 Å². The lowest BCUT2D eigenvalue weighted by molar-refractivity contribution is -0.125. The third-order valence-corrected chi connectivity index (χ3v) is 3.25. The highest BCUT2D eigenvalue weighted by atomic mass is 16.2. The van der Waals surface area contributed by atoms with Crippen LogP contribution >= 0.6 is 0 Å². The molecule has 1 saturated heterocycles. The quantitative estimate of drug-likeness (QED) is 0.721. The lowest BCUT2D eigenvalue weighted by atomic mass is 9.89. The Hall–Kier alpha value is -0.570. The van der Waals surface area contributed by atoms with E-state index >= 15 is 0 Å². The van der Waals surface area contributed by atoms with Crippen LogP contribution in [0, 0.1) is 5.92 Å². The molecule has 1 aliphatic rings. The lowest BCUT2D eigenvalue weighted by Gasteiger charge is -2.26. The molecule has 3 nitrogen and oxygen atoms in total. The Morgan fingerprint density at radius 3 is 2.57 bits per heavy atom. The average Bonchev–Trinajstić information content (AvgIpc) is 2.41. The van der Waals surface area contributed by atoms with Gasteiger partial charge in [0, 0.05) is 0 Å². The molecule has 0 saturated carbocycles. The van der Waals surface area contributed by atoms with Crippen LogP contribution in [0.25, 0.3) is 0 Å².